The lowest BCUT2D eigenvalue weighted by atomic mass is 10.0. The van der Waals surface area contributed by atoms with Crippen molar-refractivity contribution in [2.45, 2.75) is 26.7 Å². The Hall–Kier alpha value is -1.07. The van der Waals surface area contributed by atoms with Gasteiger partial charge in [0.15, 0.2) is 0 Å². The maximum absolute atomic E-state index is 12.2. The van der Waals surface area contributed by atoms with Crippen molar-refractivity contribution in [1.29, 1.82) is 0 Å². The predicted molar refractivity (Wildman–Crippen MR) is 78.9 cm³/mol. The van der Waals surface area contributed by atoms with Gasteiger partial charge in [-0.25, -0.2) is 8.42 Å². The summed E-state index contributed by atoms with van der Waals surface area (Å²) in [4.78, 5) is 0. The van der Waals surface area contributed by atoms with E-state index in [4.69, 9.17) is 0 Å². The molecule has 0 atom stereocenters. The standard InChI is InChI=1S/C14H22N2O2S/c1-11-3-4-12(2)14(9-11)16-19(17,18)10-13-5-7-15-8-6-13/h3-4,9,13,15-16H,5-8,10H2,1-2H3. The second kappa shape index (κ2) is 5.92. The van der Waals surface area contributed by atoms with E-state index in [1.165, 1.54) is 0 Å². The Bertz CT molecular complexity index is 534. The van der Waals surface area contributed by atoms with Gasteiger partial charge in [-0.3, -0.25) is 4.72 Å². The van der Waals surface area contributed by atoms with Gasteiger partial charge in [0.2, 0.25) is 10.0 Å². The summed E-state index contributed by atoms with van der Waals surface area (Å²) in [5.74, 6) is 0.492. The van der Waals surface area contributed by atoms with Crippen molar-refractivity contribution in [2.24, 2.45) is 5.92 Å². The largest absolute Gasteiger partial charge is 0.317 e. The van der Waals surface area contributed by atoms with Gasteiger partial charge >= 0.3 is 0 Å². The number of hydrogen-bond acceptors (Lipinski definition) is 3. The lowest BCUT2D eigenvalue weighted by Crippen LogP contribution is -2.33. The zero-order chi connectivity index (χ0) is 13.9. The van der Waals surface area contributed by atoms with Gasteiger partial charge in [-0.15, -0.1) is 0 Å². The molecule has 0 saturated carbocycles. The number of anilines is 1. The summed E-state index contributed by atoms with van der Waals surface area (Å²) in [6.07, 6.45) is 1.88. The van der Waals surface area contributed by atoms with Crippen LogP contribution in [-0.2, 0) is 10.0 Å². The van der Waals surface area contributed by atoms with Crippen molar-refractivity contribution in [3.63, 3.8) is 0 Å². The van der Waals surface area contributed by atoms with Crippen LogP contribution in [-0.4, -0.2) is 27.3 Å². The van der Waals surface area contributed by atoms with E-state index in [9.17, 15) is 8.42 Å². The highest BCUT2D eigenvalue weighted by molar-refractivity contribution is 7.92. The molecule has 1 aromatic rings. The van der Waals surface area contributed by atoms with E-state index >= 15 is 0 Å². The minimum Gasteiger partial charge on any atom is -0.317 e. The highest BCUT2D eigenvalue weighted by atomic mass is 32.2. The SMILES string of the molecule is Cc1ccc(C)c(NS(=O)(=O)CC2CCNCC2)c1. The van der Waals surface area contributed by atoms with Gasteiger partial charge in [0, 0.05) is 0 Å². The third kappa shape index (κ3) is 4.21. The number of sulfonamides is 1. The van der Waals surface area contributed by atoms with Gasteiger partial charge in [0.05, 0.1) is 11.4 Å². The van der Waals surface area contributed by atoms with E-state index in [-0.39, 0.29) is 11.7 Å². The Morgan fingerprint density at radius 2 is 1.95 bits per heavy atom. The molecular formula is C14H22N2O2S. The third-order valence-corrected chi connectivity index (χ3v) is 5.01. The molecular weight excluding hydrogens is 260 g/mol. The fourth-order valence-electron chi connectivity index (χ4n) is 2.41. The summed E-state index contributed by atoms with van der Waals surface area (Å²) in [5, 5.41) is 3.25. The molecule has 0 bridgehead atoms. The molecule has 1 heterocycles. The monoisotopic (exact) mass is 282 g/mol. The average molecular weight is 282 g/mol. The number of nitrogens with one attached hydrogen (secondary N) is 2. The van der Waals surface area contributed by atoms with E-state index in [1.54, 1.807) is 0 Å². The third-order valence-electron chi connectivity index (χ3n) is 3.57. The number of aryl methyl sites for hydroxylation is 2. The van der Waals surface area contributed by atoms with E-state index in [0.29, 0.717) is 5.69 Å². The van der Waals surface area contributed by atoms with Gasteiger partial charge in [-0.05, 0) is 62.9 Å². The zero-order valence-electron chi connectivity index (χ0n) is 11.6. The van der Waals surface area contributed by atoms with Crippen molar-refractivity contribution in [3.8, 4) is 0 Å². The second-order valence-electron chi connectivity index (χ2n) is 5.40. The smallest absolute Gasteiger partial charge is 0.233 e. The summed E-state index contributed by atoms with van der Waals surface area (Å²) in [7, 11) is -3.25. The van der Waals surface area contributed by atoms with Gasteiger partial charge in [0.1, 0.15) is 0 Å². The van der Waals surface area contributed by atoms with E-state index in [1.807, 2.05) is 32.0 Å². The van der Waals surface area contributed by atoms with Crippen LogP contribution in [0.5, 0.6) is 0 Å². The Labute approximate surface area is 115 Å². The van der Waals surface area contributed by atoms with Crippen LogP contribution in [0.25, 0.3) is 0 Å². The van der Waals surface area contributed by atoms with Gasteiger partial charge in [-0.1, -0.05) is 12.1 Å². The summed E-state index contributed by atoms with van der Waals surface area (Å²) < 4.78 is 27.1. The van der Waals surface area contributed by atoms with Crippen molar-refractivity contribution in [2.75, 3.05) is 23.6 Å². The summed E-state index contributed by atoms with van der Waals surface area (Å²) in [6.45, 7) is 5.72. The van der Waals surface area contributed by atoms with E-state index in [2.05, 4.69) is 10.0 Å². The van der Waals surface area contributed by atoms with Crippen LogP contribution in [0.2, 0.25) is 0 Å². The number of benzene rings is 1. The van der Waals surface area contributed by atoms with E-state index in [0.717, 1.165) is 37.1 Å². The molecule has 19 heavy (non-hydrogen) atoms. The zero-order valence-corrected chi connectivity index (χ0v) is 12.4. The lowest BCUT2D eigenvalue weighted by molar-refractivity contribution is 0.402. The number of rotatable bonds is 4. The normalized spacial score (nSPS) is 17.4. The van der Waals surface area contributed by atoms with Crippen LogP contribution in [0.4, 0.5) is 5.69 Å². The maximum atomic E-state index is 12.2. The van der Waals surface area contributed by atoms with Crippen LogP contribution < -0.4 is 10.0 Å². The lowest BCUT2D eigenvalue weighted by Gasteiger charge is -2.22. The minimum absolute atomic E-state index is 0.224. The van der Waals surface area contributed by atoms with Gasteiger partial charge in [0.25, 0.3) is 0 Å². The molecule has 0 spiro atoms. The Kier molecular flexibility index (Phi) is 4.47. The van der Waals surface area contributed by atoms with Crippen LogP contribution in [0.3, 0.4) is 0 Å². The molecule has 0 unspecified atom stereocenters. The maximum Gasteiger partial charge on any atom is 0.233 e. The first kappa shape index (κ1) is 14.3. The van der Waals surface area contributed by atoms with Crippen molar-refractivity contribution >= 4 is 15.7 Å². The second-order valence-corrected chi connectivity index (χ2v) is 7.16. The molecule has 0 amide bonds. The molecule has 5 heteroatoms. The summed E-state index contributed by atoms with van der Waals surface area (Å²) in [5.41, 5.74) is 2.72. The Morgan fingerprint density at radius 1 is 1.26 bits per heavy atom. The molecule has 1 aliphatic heterocycles. The first-order valence-corrected chi connectivity index (χ1v) is 8.40. The van der Waals surface area contributed by atoms with E-state index < -0.39 is 10.0 Å². The summed E-state index contributed by atoms with van der Waals surface area (Å²) >= 11 is 0. The molecule has 2 rings (SSSR count). The molecule has 0 aliphatic carbocycles. The number of hydrogen-bond donors (Lipinski definition) is 2. The van der Waals surface area contributed by atoms with Gasteiger partial charge in [-0.2, -0.15) is 0 Å². The Morgan fingerprint density at radius 3 is 2.63 bits per heavy atom. The molecule has 106 valence electrons. The summed E-state index contributed by atoms with van der Waals surface area (Å²) in [6, 6.07) is 5.81. The van der Waals surface area contributed by atoms with Crippen molar-refractivity contribution in [3.05, 3.63) is 29.3 Å². The Balaban J connectivity index is 2.05. The molecule has 1 aliphatic rings. The van der Waals surface area contributed by atoms with Crippen LogP contribution in [0.15, 0.2) is 18.2 Å². The minimum atomic E-state index is -3.25. The highest BCUT2D eigenvalue weighted by Crippen LogP contribution is 2.20. The van der Waals surface area contributed by atoms with Crippen molar-refractivity contribution < 1.29 is 8.42 Å². The molecule has 4 nitrogen and oxygen atoms in total. The fraction of sp³-hybridized carbons (Fsp3) is 0.571. The topological polar surface area (TPSA) is 58.2 Å². The molecule has 2 N–H and O–H groups in total. The molecule has 0 aromatic heterocycles. The molecule has 0 radical (unpaired) electrons. The van der Waals surface area contributed by atoms with Crippen molar-refractivity contribution in [1.82, 2.24) is 5.32 Å². The van der Waals surface area contributed by atoms with Crippen LogP contribution >= 0.6 is 0 Å². The molecule has 1 saturated heterocycles. The quantitative estimate of drug-likeness (QED) is 0.888. The highest BCUT2D eigenvalue weighted by Gasteiger charge is 2.21. The molecule has 1 aromatic carbocycles. The number of piperidine rings is 1. The average Bonchev–Trinajstić information content (AvgIpc) is 2.34. The van der Waals surface area contributed by atoms with Crippen LogP contribution in [0.1, 0.15) is 24.0 Å². The first-order valence-electron chi connectivity index (χ1n) is 6.75. The fourth-order valence-corrected chi connectivity index (χ4v) is 4.01. The van der Waals surface area contributed by atoms with Gasteiger partial charge < -0.3 is 5.32 Å². The molecule has 1 fully saturated rings. The predicted octanol–water partition coefficient (Wildman–Crippen LogP) is 2.04. The van der Waals surface area contributed by atoms with Crippen LogP contribution in [0, 0.1) is 19.8 Å². The first-order chi connectivity index (χ1) is 8.96.